The van der Waals surface area contributed by atoms with Gasteiger partial charge in [0.05, 0.1) is 0 Å². The van der Waals surface area contributed by atoms with Gasteiger partial charge >= 0.3 is 0 Å². The van der Waals surface area contributed by atoms with Crippen LogP contribution in [-0.4, -0.2) is 0 Å². The van der Waals surface area contributed by atoms with Crippen molar-refractivity contribution in [2.45, 2.75) is 296 Å². The molecule has 0 radical (unpaired) electrons. The van der Waals surface area contributed by atoms with Gasteiger partial charge in [0, 0.05) is 0 Å². The third-order valence-electron chi connectivity index (χ3n) is 11.4. The summed E-state index contributed by atoms with van der Waals surface area (Å²) in [7, 11) is 0. The molecule has 0 aromatic heterocycles. The average Bonchev–Trinajstić information content (AvgIpc) is 3.13. The van der Waals surface area contributed by atoms with Gasteiger partial charge in [-0.25, -0.2) is 0 Å². The van der Waals surface area contributed by atoms with Crippen molar-refractivity contribution in [2.24, 2.45) is 0 Å². The summed E-state index contributed by atoms with van der Waals surface area (Å²) in [5.74, 6) is 0. The molecular formula is C50H98. The molecule has 0 aliphatic carbocycles. The Labute approximate surface area is 319 Å². The molecule has 50 heavy (non-hydrogen) atoms. The predicted octanol–water partition coefficient (Wildman–Crippen LogP) is 19.3. The Hall–Kier alpha value is -0.520. The molecule has 0 saturated carbocycles. The molecule has 0 nitrogen and oxygen atoms in total. The van der Waals surface area contributed by atoms with Crippen molar-refractivity contribution < 1.29 is 0 Å². The van der Waals surface area contributed by atoms with Crippen LogP contribution < -0.4 is 0 Å². The highest BCUT2D eigenvalue weighted by molar-refractivity contribution is 4.81. The fourth-order valence-corrected chi connectivity index (χ4v) is 7.84. The zero-order valence-corrected chi connectivity index (χ0v) is 35.3. The summed E-state index contributed by atoms with van der Waals surface area (Å²) in [5.41, 5.74) is 0. The number of unbranched alkanes of at least 4 members (excludes halogenated alkanes) is 43. The minimum Gasteiger partial charge on any atom is -0.103 e. The Bertz CT molecular complexity index is 601. The summed E-state index contributed by atoms with van der Waals surface area (Å²) in [6.07, 6.45) is 72.4. The lowest BCUT2D eigenvalue weighted by Crippen LogP contribution is -1.84. The van der Waals surface area contributed by atoms with Crippen molar-refractivity contribution in [3.05, 3.63) is 24.8 Å². The molecule has 0 aliphatic rings. The van der Waals surface area contributed by atoms with E-state index in [0.29, 0.717) is 0 Å². The number of rotatable bonds is 46. The van der Waals surface area contributed by atoms with E-state index in [-0.39, 0.29) is 0 Å². The maximum atomic E-state index is 3.81. The SMILES string of the molecule is C=CCCCCCCCCCCCCCCCCCCCCCCCCC=CCCCCCCCCCCCCCCCCCCCCCC. The highest BCUT2D eigenvalue weighted by Gasteiger charge is 1.98. The fourth-order valence-electron chi connectivity index (χ4n) is 7.84. The summed E-state index contributed by atoms with van der Waals surface area (Å²) in [5, 5.41) is 0. The lowest BCUT2D eigenvalue weighted by molar-refractivity contribution is 0.518. The van der Waals surface area contributed by atoms with Gasteiger partial charge in [0.2, 0.25) is 0 Å². The molecule has 0 rings (SSSR count). The van der Waals surface area contributed by atoms with Crippen LogP contribution in [0.5, 0.6) is 0 Å². The van der Waals surface area contributed by atoms with Gasteiger partial charge in [-0.1, -0.05) is 276 Å². The van der Waals surface area contributed by atoms with Crippen LogP contribution in [0, 0.1) is 0 Å². The van der Waals surface area contributed by atoms with Gasteiger partial charge in [0.25, 0.3) is 0 Å². The first-order valence-corrected chi connectivity index (χ1v) is 24.2. The maximum absolute atomic E-state index is 3.81. The highest BCUT2D eigenvalue weighted by atomic mass is 14.0. The number of allylic oxidation sites excluding steroid dienone is 3. The van der Waals surface area contributed by atoms with Crippen molar-refractivity contribution in [1.29, 1.82) is 0 Å². The maximum Gasteiger partial charge on any atom is -0.0351 e. The van der Waals surface area contributed by atoms with E-state index in [1.807, 2.05) is 0 Å². The third-order valence-corrected chi connectivity index (χ3v) is 11.4. The van der Waals surface area contributed by atoms with Gasteiger partial charge in [-0.3, -0.25) is 0 Å². The molecule has 0 fully saturated rings. The zero-order chi connectivity index (χ0) is 35.9. The quantitative estimate of drug-likeness (QED) is 0.0438. The molecule has 0 N–H and O–H groups in total. The Morgan fingerprint density at radius 3 is 0.560 bits per heavy atom. The molecule has 0 spiro atoms. The van der Waals surface area contributed by atoms with Crippen LogP contribution in [-0.2, 0) is 0 Å². The molecule has 0 aliphatic heterocycles. The van der Waals surface area contributed by atoms with Crippen molar-refractivity contribution in [3.8, 4) is 0 Å². The molecule has 0 aromatic carbocycles. The second kappa shape index (κ2) is 48.5. The topological polar surface area (TPSA) is 0 Å². The number of hydrogen-bond acceptors (Lipinski definition) is 0. The molecular weight excluding hydrogens is 601 g/mol. The molecule has 0 aromatic rings. The Morgan fingerprint density at radius 1 is 0.220 bits per heavy atom. The first-order valence-electron chi connectivity index (χ1n) is 24.2. The normalized spacial score (nSPS) is 11.7. The first kappa shape index (κ1) is 49.5. The zero-order valence-electron chi connectivity index (χ0n) is 35.3. The van der Waals surface area contributed by atoms with Crippen LogP contribution >= 0.6 is 0 Å². The molecule has 0 heteroatoms. The average molecular weight is 699 g/mol. The molecule has 0 unspecified atom stereocenters. The van der Waals surface area contributed by atoms with Crippen molar-refractivity contribution in [3.63, 3.8) is 0 Å². The molecule has 0 heterocycles. The van der Waals surface area contributed by atoms with Gasteiger partial charge < -0.3 is 0 Å². The second-order valence-electron chi connectivity index (χ2n) is 16.6. The third kappa shape index (κ3) is 47.5. The van der Waals surface area contributed by atoms with E-state index in [4.69, 9.17) is 0 Å². The van der Waals surface area contributed by atoms with E-state index in [2.05, 4.69) is 31.7 Å². The van der Waals surface area contributed by atoms with Crippen LogP contribution in [0.25, 0.3) is 0 Å². The Balaban J connectivity index is 3.09. The van der Waals surface area contributed by atoms with Crippen LogP contribution in [0.2, 0.25) is 0 Å². The summed E-state index contributed by atoms with van der Waals surface area (Å²) < 4.78 is 0. The monoisotopic (exact) mass is 699 g/mol. The highest BCUT2D eigenvalue weighted by Crippen LogP contribution is 2.17. The smallest absolute Gasteiger partial charge is 0.0351 e. The predicted molar refractivity (Wildman–Crippen MR) is 233 cm³/mol. The van der Waals surface area contributed by atoms with Crippen LogP contribution in [0.1, 0.15) is 296 Å². The van der Waals surface area contributed by atoms with Crippen LogP contribution in [0.4, 0.5) is 0 Å². The van der Waals surface area contributed by atoms with Gasteiger partial charge in [-0.2, -0.15) is 0 Å². The van der Waals surface area contributed by atoms with E-state index >= 15 is 0 Å². The lowest BCUT2D eigenvalue weighted by Gasteiger charge is -2.04. The van der Waals surface area contributed by atoms with Crippen molar-refractivity contribution in [2.75, 3.05) is 0 Å². The van der Waals surface area contributed by atoms with Crippen LogP contribution in [0.3, 0.4) is 0 Å². The van der Waals surface area contributed by atoms with E-state index in [9.17, 15) is 0 Å². The van der Waals surface area contributed by atoms with E-state index < -0.39 is 0 Å². The summed E-state index contributed by atoms with van der Waals surface area (Å²) >= 11 is 0. The Kier molecular flexibility index (Phi) is 48.0. The molecule has 298 valence electrons. The second-order valence-corrected chi connectivity index (χ2v) is 16.6. The van der Waals surface area contributed by atoms with Gasteiger partial charge in [-0.15, -0.1) is 6.58 Å². The minimum atomic E-state index is 1.21. The molecule has 0 amide bonds. The summed E-state index contributed by atoms with van der Waals surface area (Å²) in [6, 6.07) is 0. The Morgan fingerprint density at radius 2 is 0.380 bits per heavy atom. The number of hydrogen-bond donors (Lipinski definition) is 0. The van der Waals surface area contributed by atoms with Gasteiger partial charge in [0.15, 0.2) is 0 Å². The van der Waals surface area contributed by atoms with Crippen molar-refractivity contribution >= 4 is 0 Å². The van der Waals surface area contributed by atoms with E-state index in [0.717, 1.165) is 0 Å². The van der Waals surface area contributed by atoms with Crippen LogP contribution in [0.15, 0.2) is 24.8 Å². The van der Waals surface area contributed by atoms with Gasteiger partial charge in [0.1, 0.15) is 0 Å². The fraction of sp³-hybridized carbons (Fsp3) is 0.920. The standard InChI is InChI=1S/C50H98/c1-3-5-7-9-11-13-15-17-19-21-23-25-27-29-31-33-35-37-39-41-43-45-47-49-50-48-46-44-42-40-38-36-34-32-30-28-26-24-22-20-18-16-14-12-10-8-6-4-2/h3,46,48H,1,4-45,47,49-50H2,2H3. The van der Waals surface area contributed by atoms with E-state index in [1.54, 1.807) is 0 Å². The van der Waals surface area contributed by atoms with Crippen molar-refractivity contribution in [1.82, 2.24) is 0 Å². The molecule has 0 saturated heterocycles. The van der Waals surface area contributed by atoms with Gasteiger partial charge in [-0.05, 0) is 38.5 Å². The summed E-state index contributed by atoms with van der Waals surface area (Å²) in [4.78, 5) is 0. The summed E-state index contributed by atoms with van der Waals surface area (Å²) in [6.45, 7) is 6.12. The lowest BCUT2D eigenvalue weighted by atomic mass is 10.0. The first-order chi connectivity index (χ1) is 24.9. The largest absolute Gasteiger partial charge is 0.103 e. The minimum absolute atomic E-state index is 1.21. The molecule has 0 bridgehead atoms. The van der Waals surface area contributed by atoms with E-state index in [1.165, 1.54) is 289 Å². The molecule has 0 atom stereocenters.